The molecule has 3 rings (SSSR count). The molecule has 8 heteroatoms. The van der Waals surface area contributed by atoms with Gasteiger partial charge in [0.25, 0.3) is 0 Å². The first kappa shape index (κ1) is 17.9. The Hall–Kier alpha value is -1.93. The normalized spacial score (nSPS) is 15.5. The number of hydrogen-bond donors (Lipinski definition) is 1. The number of hydrogen-bond acceptors (Lipinski definition) is 6. The summed E-state index contributed by atoms with van der Waals surface area (Å²) < 4.78 is 7.08. The molecule has 0 unspecified atom stereocenters. The van der Waals surface area contributed by atoms with Gasteiger partial charge >= 0.3 is 0 Å². The van der Waals surface area contributed by atoms with E-state index in [1.54, 1.807) is 4.57 Å². The zero-order chi connectivity index (χ0) is 17.8. The van der Waals surface area contributed by atoms with Crippen LogP contribution in [0.15, 0.2) is 10.9 Å². The molecular weight excluding hydrogens is 317 g/mol. The van der Waals surface area contributed by atoms with Crippen molar-refractivity contribution >= 4 is 29.7 Å². The van der Waals surface area contributed by atoms with Crippen LogP contribution in [0.5, 0.6) is 0 Å². The number of rotatable bonds is 6. The molecule has 0 amide bonds. The van der Waals surface area contributed by atoms with Gasteiger partial charge in [0, 0.05) is 38.1 Å². The molecule has 1 radical (unpaired) electrons. The van der Waals surface area contributed by atoms with Crippen LogP contribution in [0, 0.1) is 6.92 Å². The molecule has 1 fully saturated rings. The molecule has 133 valence electrons. The van der Waals surface area contributed by atoms with E-state index in [-0.39, 0.29) is 5.56 Å². The second-order valence-electron chi connectivity index (χ2n) is 6.19. The molecule has 0 bridgehead atoms. The van der Waals surface area contributed by atoms with Crippen LogP contribution >= 0.6 is 0 Å². The van der Waals surface area contributed by atoms with Crippen molar-refractivity contribution in [1.82, 2.24) is 19.4 Å². The van der Waals surface area contributed by atoms with E-state index in [1.807, 2.05) is 34.0 Å². The molecule has 7 nitrogen and oxygen atoms in total. The molecule has 2 aromatic heterocycles. The molecule has 1 N–H and O–H groups in total. The van der Waals surface area contributed by atoms with Crippen LogP contribution in [0.2, 0.25) is 6.82 Å². The number of pyridine rings is 1. The maximum atomic E-state index is 12.5. The van der Waals surface area contributed by atoms with Crippen LogP contribution in [-0.4, -0.2) is 66.1 Å². The van der Waals surface area contributed by atoms with Gasteiger partial charge in [-0.3, -0.25) is 14.3 Å². The Labute approximate surface area is 148 Å². The highest BCUT2D eigenvalue weighted by atomic mass is 16.5. The molecule has 1 aliphatic rings. The molecule has 1 aliphatic heterocycles. The monoisotopic (exact) mass is 342 g/mol. The van der Waals surface area contributed by atoms with E-state index < -0.39 is 0 Å². The van der Waals surface area contributed by atoms with Crippen molar-refractivity contribution in [2.45, 2.75) is 27.2 Å². The average Bonchev–Trinajstić information content (AvgIpc) is 2.62. The van der Waals surface area contributed by atoms with Crippen molar-refractivity contribution in [2.75, 3.05) is 44.7 Å². The van der Waals surface area contributed by atoms with Gasteiger partial charge in [0.1, 0.15) is 5.65 Å². The van der Waals surface area contributed by atoms with Gasteiger partial charge in [0.2, 0.25) is 11.5 Å². The van der Waals surface area contributed by atoms with Crippen LogP contribution in [0.25, 0.3) is 11.0 Å². The van der Waals surface area contributed by atoms with E-state index in [0.717, 1.165) is 50.5 Å². The maximum Gasteiger partial charge on any atom is 0.245 e. The lowest BCUT2D eigenvalue weighted by Crippen LogP contribution is -2.39. The van der Waals surface area contributed by atoms with Gasteiger partial charge in [-0.25, -0.2) is 4.98 Å². The zero-order valence-corrected chi connectivity index (χ0v) is 15.2. The predicted molar refractivity (Wildman–Crippen MR) is 101 cm³/mol. The molecule has 0 atom stereocenters. The number of nitrogens with one attached hydrogen (secondary N) is 1. The highest BCUT2D eigenvalue weighted by Gasteiger charge is 2.13. The smallest absolute Gasteiger partial charge is 0.245 e. The molecular formula is C17H25BN5O2. The topological polar surface area (TPSA) is 72.3 Å². The van der Waals surface area contributed by atoms with Crippen LogP contribution in [0.1, 0.15) is 12.6 Å². The highest BCUT2D eigenvalue weighted by molar-refractivity contribution is 6.52. The van der Waals surface area contributed by atoms with Crippen LogP contribution in [-0.2, 0) is 11.3 Å². The van der Waals surface area contributed by atoms with Gasteiger partial charge in [-0.15, -0.1) is 0 Å². The Balaban J connectivity index is 1.83. The Morgan fingerprint density at radius 2 is 2.08 bits per heavy atom. The third-order valence-electron chi connectivity index (χ3n) is 4.61. The van der Waals surface area contributed by atoms with E-state index in [9.17, 15) is 4.79 Å². The second-order valence-corrected chi connectivity index (χ2v) is 6.19. The van der Waals surface area contributed by atoms with Crippen LogP contribution in [0.4, 0.5) is 5.95 Å². The summed E-state index contributed by atoms with van der Waals surface area (Å²) in [6, 6.07) is 1.89. The molecule has 1 saturated heterocycles. The zero-order valence-electron chi connectivity index (χ0n) is 15.2. The summed E-state index contributed by atoms with van der Waals surface area (Å²) in [7, 11) is 1.84. The summed E-state index contributed by atoms with van der Waals surface area (Å²) in [5.41, 5.74) is 2.26. The first-order valence-corrected chi connectivity index (χ1v) is 8.89. The average molecular weight is 342 g/mol. The van der Waals surface area contributed by atoms with Gasteiger partial charge in [-0.05, 0) is 19.3 Å². The van der Waals surface area contributed by atoms with Crippen molar-refractivity contribution in [2.24, 2.45) is 0 Å². The summed E-state index contributed by atoms with van der Waals surface area (Å²) in [5, 5.41) is 4.22. The largest absolute Gasteiger partial charge is 0.379 e. The number of nitrogens with zero attached hydrogens (tertiary/aromatic N) is 4. The number of morpholine rings is 1. The molecule has 2 aromatic rings. The Kier molecular flexibility index (Phi) is 5.70. The first-order chi connectivity index (χ1) is 12.1. The van der Waals surface area contributed by atoms with Gasteiger partial charge in [-0.1, -0.05) is 12.9 Å². The standard InChI is InChI=1S/C17H25BN5O2/c1-4-23-15-13(11-14(18-3)16(23)24)12(2)20-17(21-15)19-5-6-22-7-9-25-10-8-22/h11H,4-10H2,1-3H3,(H,19,20,21). The van der Waals surface area contributed by atoms with Crippen LogP contribution in [0.3, 0.4) is 0 Å². The van der Waals surface area contributed by atoms with Crippen molar-refractivity contribution in [1.29, 1.82) is 0 Å². The fourth-order valence-electron chi connectivity index (χ4n) is 3.14. The summed E-state index contributed by atoms with van der Waals surface area (Å²) in [5.74, 6) is 0.577. The summed E-state index contributed by atoms with van der Waals surface area (Å²) in [6.45, 7) is 11.6. The third-order valence-corrected chi connectivity index (χ3v) is 4.61. The van der Waals surface area contributed by atoms with Crippen molar-refractivity contribution in [3.63, 3.8) is 0 Å². The van der Waals surface area contributed by atoms with Crippen molar-refractivity contribution in [3.8, 4) is 0 Å². The Morgan fingerprint density at radius 1 is 1.32 bits per heavy atom. The van der Waals surface area contributed by atoms with Crippen LogP contribution < -0.4 is 16.3 Å². The minimum absolute atomic E-state index is 0.00475. The molecule has 3 heterocycles. The number of anilines is 1. The number of aromatic nitrogens is 3. The minimum atomic E-state index is -0.00475. The maximum absolute atomic E-state index is 12.5. The fraction of sp³-hybridized carbons (Fsp3) is 0.588. The first-order valence-electron chi connectivity index (χ1n) is 8.89. The van der Waals surface area contributed by atoms with Gasteiger partial charge < -0.3 is 10.1 Å². The summed E-state index contributed by atoms with van der Waals surface area (Å²) >= 11 is 0. The van der Waals surface area contributed by atoms with Crippen molar-refractivity contribution in [3.05, 3.63) is 22.1 Å². The van der Waals surface area contributed by atoms with E-state index in [0.29, 0.717) is 23.6 Å². The van der Waals surface area contributed by atoms with Crippen molar-refractivity contribution < 1.29 is 4.74 Å². The van der Waals surface area contributed by atoms with E-state index in [4.69, 9.17) is 4.74 Å². The van der Waals surface area contributed by atoms with Gasteiger partial charge in [0.05, 0.1) is 18.9 Å². The molecule has 25 heavy (non-hydrogen) atoms. The predicted octanol–water partition coefficient (Wildman–Crippen LogP) is 0.242. The van der Waals surface area contributed by atoms with E-state index in [2.05, 4.69) is 20.2 Å². The Morgan fingerprint density at radius 3 is 2.76 bits per heavy atom. The second kappa shape index (κ2) is 7.97. The lowest BCUT2D eigenvalue weighted by Gasteiger charge is -2.26. The SMILES string of the molecule is C[B]c1cc2c(C)nc(NCCN3CCOCC3)nc2n(CC)c1=O. The fourth-order valence-corrected chi connectivity index (χ4v) is 3.14. The summed E-state index contributed by atoms with van der Waals surface area (Å²) in [6.07, 6.45) is 0. The van der Waals surface area contributed by atoms with E-state index >= 15 is 0 Å². The number of ether oxygens (including phenoxy) is 1. The number of aryl methyl sites for hydroxylation is 2. The minimum Gasteiger partial charge on any atom is -0.379 e. The van der Waals surface area contributed by atoms with Gasteiger partial charge in [0.15, 0.2) is 7.28 Å². The molecule has 0 spiro atoms. The van der Waals surface area contributed by atoms with E-state index in [1.165, 1.54) is 0 Å². The lowest BCUT2D eigenvalue weighted by molar-refractivity contribution is 0.0398. The number of fused-ring (bicyclic) bond motifs is 1. The Bertz CT molecular complexity index is 802. The molecule has 0 saturated carbocycles. The molecule has 0 aliphatic carbocycles. The molecule has 0 aromatic carbocycles. The lowest BCUT2D eigenvalue weighted by atomic mass is 9.73. The highest BCUT2D eigenvalue weighted by Crippen LogP contribution is 2.15. The third kappa shape index (κ3) is 3.85. The van der Waals surface area contributed by atoms with Gasteiger partial charge in [-0.2, -0.15) is 4.98 Å². The summed E-state index contributed by atoms with van der Waals surface area (Å²) in [4.78, 5) is 24.1. The quantitative estimate of drug-likeness (QED) is 0.759.